The highest BCUT2D eigenvalue weighted by molar-refractivity contribution is 9.10. The molecule has 1 aromatic heterocycles. The Morgan fingerprint density at radius 1 is 1.30 bits per heavy atom. The van der Waals surface area contributed by atoms with Gasteiger partial charge in [0.15, 0.2) is 0 Å². The molecule has 2 N–H and O–H groups in total. The van der Waals surface area contributed by atoms with Crippen molar-refractivity contribution in [1.29, 1.82) is 0 Å². The quantitative estimate of drug-likeness (QED) is 0.821. The third kappa shape index (κ3) is 3.43. The van der Waals surface area contributed by atoms with E-state index in [1.165, 1.54) is 16.0 Å². The van der Waals surface area contributed by atoms with E-state index < -0.39 is 0 Å². The van der Waals surface area contributed by atoms with Gasteiger partial charge in [-0.25, -0.2) is 0 Å². The van der Waals surface area contributed by atoms with Crippen molar-refractivity contribution in [2.75, 3.05) is 0 Å². The van der Waals surface area contributed by atoms with Gasteiger partial charge in [-0.1, -0.05) is 28.9 Å². The summed E-state index contributed by atoms with van der Waals surface area (Å²) in [5.41, 5.74) is 8.59. The van der Waals surface area contributed by atoms with Crippen molar-refractivity contribution >= 4 is 27.3 Å². The molecule has 4 heteroatoms. The molecule has 0 saturated carbocycles. The van der Waals surface area contributed by atoms with Crippen LogP contribution in [-0.4, -0.2) is 6.04 Å². The summed E-state index contributed by atoms with van der Waals surface area (Å²) in [5, 5.41) is 2.06. The maximum absolute atomic E-state index is 6.23. The monoisotopic (exact) mass is 353 g/mol. The van der Waals surface area contributed by atoms with E-state index in [9.17, 15) is 0 Å². The highest BCUT2D eigenvalue weighted by Crippen LogP contribution is 2.32. The van der Waals surface area contributed by atoms with Crippen LogP contribution in [0.3, 0.4) is 0 Å². The molecule has 0 aliphatic heterocycles. The van der Waals surface area contributed by atoms with E-state index in [-0.39, 0.29) is 12.1 Å². The first-order valence-corrected chi connectivity index (χ1v) is 8.42. The van der Waals surface area contributed by atoms with Gasteiger partial charge in [-0.15, -0.1) is 11.3 Å². The van der Waals surface area contributed by atoms with E-state index in [2.05, 4.69) is 60.3 Å². The number of ether oxygens (including phenoxy) is 1. The van der Waals surface area contributed by atoms with Crippen molar-refractivity contribution in [3.63, 3.8) is 0 Å². The van der Waals surface area contributed by atoms with E-state index in [0.717, 1.165) is 16.6 Å². The molecular weight excluding hydrogens is 334 g/mol. The summed E-state index contributed by atoms with van der Waals surface area (Å²) >= 11 is 5.27. The van der Waals surface area contributed by atoms with Crippen LogP contribution >= 0.6 is 27.3 Å². The molecule has 1 heterocycles. The molecule has 20 heavy (non-hydrogen) atoms. The van der Waals surface area contributed by atoms with Gasteiger partial charge in [-0.2, -0.15) is 0 Å². The molecule has 0 spiro atoms. The van der Waals surface area contributed by atoms with Gasteiger partial charge in [0.25, 0.3) is 0 Å². The second kappa shape index (κ2) is 6.74. The van der Waals surface area contributed by atoms with E-state index in [4.69, 9.17) is 10.5 Å². The number of halogens is 1. The normalized spacial score (nSPS) is 14.1. The van der Waals surface area contributed by atoms with Crippen LogP contribution in [-0.2, 0) is 0 Å². The fraction of sp³-hybridized carbons (Fsp3) is 0.375. The highest BCUT2D eigenvalue weighted by atomic mass is 79.9. The Morgan fingerprint density at radius 3 is 2.45 bits per heavy atom. The Morgan fingerprint density at radius 2 is 1.95 bits per heavy atom. The van der Waals surface area contributed by atoms with Gasteiger partial charge in [-0.05, 0) is 55.0 Å². The van der Waals surface area contributed by atoms with E-state index in [1.807, 2.05) is 6.07 Å². The zero-order valence-corrected chi connectivity index (χ0v) is 14.4. The fourth-order valence-corrected chi connectivity index (χ4v) is 3.20. The smallest absolute Gasteiger partial charge is 0.148 e. The van der Waals surface area contributed by atoms with Crippen LogP contribution in [0.4, 0.5) is 0 Å². The zero-order chi connectivity index (χ0) is 14.7. The molecule has 1 aromatic carbocycles. The van der Waals surface area contributed by atoms with Gasteiger partial charge in [0.2, 0.25) is 0 Å². The molecule has 2 atom stereocenters. The van der Waals surface area contributed by atoms with Crippen LogP contribution in [0, 0.1) is 13.8 Å². The van der Waals surface area contributed by atoms with Crippen LogP contribution < -0.4 is 10.5 Å². The summed E-state index contributed by atoms with van der Waals surface area (Å²) in [5.74, 6) is 0.880. The van der Waals surface area contributed by atoms with Crippen molar-refractivity contribution in [3.05, 3.63) is 50.1 Å². The number of nitrogens with two attached hydrogens (primary N) is 1. The van der Waals surface area contributed by atoms with Gasteiger partial charge in [0.05, 0.1) is 0 Å². The van der Waals surface area contributed by atoms with Crippen molar-refractivity contribution in [2.45, 2.75) is 39.3 Å². The molecule has 0 aliphatic carbocycles. The number of hydrogen-bond acceptors (Lipinski definition) is 3. The van der Waals surface area contributed by atoms with Crippen LogP contribution in [0.2, 0.25) is 0 Å². The number of benzene rings is 1. The molecule has 2 rings (SSSR count). The SMILES string of the molecule is CCC(N)C(Oc1cc(C)c(Br)c(C)c1)c1cccs1. The Labute approximate surface area is 133 Å². The third-order valence-electron chi connectivity index (χ3n) is 3.36. The number of thiophene rings is 1. The van der Waals surface area contributed by atoms with Crippen molar-refractivity contribution in [1.82, 2.24) is 0 Å². The van der Waals surface area contributed by atoms with E-state index >= 15 is 0 Å². The molecular formula is C16H20BrNOS. The first-order valence-electron chi connectivity index (χ1n) is 6.75. The van der Waals surface area contributed by atoms with Gasteiger partial charge in [-0.3, -0.25) is 0 Å². The summed E-state index contributed by atoms with van der Waals surface area (Å²) < 4.78 is 7.33. The first-order chi connectivity index (χ1) is 9.52. The second-order valence-corrected chi connectivity index (χ2v) is 6.77. The Hall–Kier alpha value is -0.840. The van der Waals surface area contributed by atoms with E-state index in [0.29, 0.717) is 0 Å². The van der Waals surface area contributed by atoms with Gasteiger partial charge < -0.3 is 10.5 Å². The Balaban J connectivity index is 2.29. The van der Waals surface area contributed by atoms with Gasteiger partial charge in [0, 0.05) is 15.4 Å². The minimum absolute atomic E-state index is 0.00194. The maximum Gasteiger partial charge on any atom is 0.148 e. The lowest BCUT2D eigenvalue weighted by Gasteiger charge is -2.24. The average Bonchev–Trinajstić information content (AvgIpc) is 2.95. The van der Waals surface area contributed by atoms with Crippen molar-refractivity contribution < 1.29 is 4.74 Å². The average molecular weight is 354 g/mol. The molecule has 108 valence electrons. The largest absolute Gasteiger partial charge is 0.483 e. The third-order valence-corrected chi connectivity index (χ3v) is 5.54. The van der Waals surface area contributed by atoms with Crippen LogP contribution in [0.5, 0.6) is 5.75 Å². The van der Waals surface area contributed by atoms with Crippen LogP contribution in [0.25, 0.3) is 0 Å². The lowest BCUT2D eigenvalue weighted by Crippen LogP contribution is -2.30. The summed E-state index contributed by atoms with van der Waals surface area (Å²) in [7, 11) is 0. The predicted octanol–water partition coefficient (Wildman–Crippen LogP) is 4.98. The molecule has 0 radical (unpaired) electrons. The number of rotatable bonds is 5. The lowest BCUT2D eigenvalue weighted by molar-refractivity contribution is 0.174. The minimum atomic E-state index is -0.0834. The molecule has 0 bridgehead atoms. The molecule has 0 amide bonds. The molecule has 2 aromatic rings. The topological polar surface area (TPSA) is 35.2 Å². The lowest BCUT2D eigenvalue weighted by atomic mass is 10.1. The summed E-state index contributed by atoms with van der Waals surface area (Å²) in [6.07, 6.45) is 0.803. The summed E-state index contributed by atoms with van der Waals surface area (Å²) in [6, 6.07) is 8.23. The zero-order valence-electron chi connectivity index (χ0n) is 12.0. The summed E-state index contributed by atoms with van der Waals surface area (Å²) in [6.45, 7) is 6.24. The first kappa shape index (κ1) is 15.5. The molecule has 0 fully saturated rings. The fourth-order valence-electron chi connectivity index (χ4n) is 2.14. The highest BCUT2D eigenvalue weighted by Gasteiger charge is 2.22. The van der Waals surface area contributed by atoms with Gasteiger partial charge >= 0.3 is 0 Å². The predicted molar refractivity (Wildman–Crippen MR) is 89.6 cm³/mol. The van der Waals surface area contributed by atoms with E-state index in [1.54, 1.807) is 11.3 Å². The second-order valence-electron chi connectivity index (χ2n) is 5.00. The number of hydrogen-bond donors (Lipinski definition) is 1. The minimum Gasteiger partial charge on any atom is -0.483 e. The molecule has 0 saturated heterocycles. The van der Waals surface area contributed by atoms with Crippen molar-refractivity contribution in [2.24, 2.45) is 5.73 Å². The summed E-state index contributed by atoms with van der Waals surface area (Å²) in [4.78, 5) is 1.18. The van der Waals surface area contributed by atoms with Crippen LogP contribution in [0.1, 0.15) is 35.5 Å². The van der Waals surface area contributed by atoms with Crippen LogP contribution in [0.15, 0.2) is 34.1 Å². The Bertz CT molecular complexity index is 545. The molecule has 2 nitrogen and oxygen atoms in total. The Kier molecular flexibility index (Phi) is 5.24. The molecule has 2 unspecified atom stereocenters. The standard InChI is InChI=1S/C16H20BrNOS/c1-4-13(18)16(14-6-5-7-20-14)19-12-8-10(2)15(17)11(3)9-12/h5-9,13,16H,4,18H2,1-3H3. The molecule has 0 aliphatic rings. The number of aryl methyl sites for hydroxylation is 2. The maximum atomic E-state index is 6.23. The van der Waals surface area contributed by atoms with Crippen molar-refractivity contribution in [3.8, 4) is 5.75 Å². The van der Waals surface area contributed by atoms with Gasteiger partial charge in [0.1, 0.15) is 11.9 Å².